The first-order chi connectivity index (χ1) is 14.5. The molecule has 0 atom stereocenters. The summed E-state index contributed by atoms with van der Waals surface area (Å²) in [5, 5.41) is 17.4. The van der Waals surface area contributed by atoms with Gasteiger partial charge in [-0.15, -0.1) is 5.10 Å². The average Bonchev–Trinajstić information content (AvgIpc) is 3.27. The number of carboxylic acids is 1. The number of aryl methyl sites for hydroxylation is 1. The second-order valence-electron chi connectivity index (χ2n) is 7.03. The first-order valence-electron chi connectivity index (χ1n) is 9.24. The molecule has 31 heavy (non-hydrogen) atoms. The summed E-state index contributed by atoms with van der Waals surface area (Å²) in [4.78, 5) is 14.5. The van der Waals surface area contributed by atoms with Crippen LogP contribution in [0, 0.1) is 0 Å². The Morgan fingerprint density at radius 1 is 1.29 bits per heavy atom. The number of carbonyl (C=O) groups is 1. The number of hydrogen-bond donors (Lipinski definition) is 1. The van der Waals surface area contributed by atoms with Gasteiger partial charge in [-0.3, -0.25) is 4.68 Å². The first-order valence-corrected chi connectivity index (χ1v) is 9.24. The standard InChI is InChI=1S/C20H20F3N5O3/c1-12(2)19-13(11-31-17-8-15(27(3)25-17)5-7-18(29)30)10-28(26-19)16-6-4-14(9-24-16)20(21,22)23/h4-10,12H,11H2,1-3H3,(H,29,30)/b7-5+. The van der Waals surface area contributed by atoms with Gasteiger partial charge in [0.15, 0.2) is 5.82 Å². The largest absolute Gasteiger partial charge is 0.478 e. The minimum atomic E-state index is -4.46. The predicted octanol–water partition coefficient (Wildman–Crippen LogP) is 3.82. The van der Waals surface area contributed by atoms with Crippen molar-refractivity contribution >= 4 is 12.0 Å². The zero-order chi connectivity index (χ0) is 22.8. The highest BCUT2D eigenvalue weighted by Crippen LogP contribution is 2.29. The van der Waals surface area contributed by atoms with Gasteiger partial charge in [0.05, 0.1) is 17.0 Å². The van der Waals surface area contributed by atoms with Crippen LogP contribution in [-0.4, -0.2) is 35.6 Å². The molecule has 0 saturated carbocycles. The SMILES string of the molecule is CC(C)c1nn(-c2ccc(C(F)(F)F)cn2)cc1COc1cc(/C=C/C(=O)O)n(C)n1. The minimum absolute atomic E-state index is 0.0343. The molecule has 0 aliphatic heterocycles. The molecule has 0 aliphatic rings. The minimum Gasteiger partial charge on any atom is -0.478 e. The van der Waals surface area contributed by atoms with Crippen molar-refractivity contribution < 1.29 is 27.8 Å². The number of aliphatic carboxylic acids is 1. The Kier molecular flexibility index (Phi) is 6.14. The lowest BCUT2D eigenvalue weighted by molar-refractivity contribution is -0.137. The Labute approximate surface area is 175 Å². The second kappa shape index (κ2) is 8.62. The summed E-state index contributed by atoms with van der Waals surface area (Å²) < 4.78 is 46.9. The molecule has 0 unspecified atom stereocenters. The van der Waals surface area contributed by atoms with Crippen LogP contribution in [0.4, 0.5) is 13.2 Å². The number of aromatic nitrogens is 5. The molecule has 3 aromatic heterocycles. The second-order valence-corrected chi connectivity index (χ2v) is 7.03. The molecule has 3 aromatic rings. The van der Waals surface area contributed by atoms with E-state index in [2.05, 4.69) is 15.2 Å². The Hall–Kier alpha value is -3.63. The van der Waals surface area contributed by atoms with Crippen LogP contribution in [0.5, 0.6) is 5.88 Å². The molecule has 0 saturated heterocycles. The Balaban J connectivity index is 1.80. The van der Waals surface area contributed by atoms with Crippen LogP contribution in [-0.2, 0) is 24.6 Å². The van der Waals surface area contributed by atoms with E-state index in [1.807, 2.05) is 13.8 Å². The molecule has 0 spiro atoms. The average molecular weight is 435 g/mol. The van der Waals surface area contributed by atoms with E-state index >= 15 is 0 Å². The van der Waals surface area contributed by atoms with Gasteiger partial charge in [0, 0.05) is 37.1 Å². The van der Waals surface area contributed by atoms with Gasteiger partial charge < -0.3 is 9.84 Å². The van der Waals surface area contributed by atoms with E-state index in [9.17, 15) is 18.0 Å². The zero-order valence-corrected chi connectivity index (χ0v) is 17.0. The van der Waals surface area contributed by atoms with Crippen LogP contribution < -0.4 is 4.74 Å². The Morgan fingerprint density at radius 3 is 2.61 bits per heavy atom. The van der Waals surface area contributed by atoms with Gasteiger partial charge in [0.2, 0.25) is 5.88 Å². The summed E-state index contributed by atoms with van der Waals surface area (Å²) in [6, 6.07) is 3.80. The van der Waals surface area contributed by atoms with Crippen molar-refractivity contribution in [3.8, 4) is 11.7 Å². The van der Waals surface area contributed by atoms with Crippen molar-refractivity contribution in [2.45, 2.75) is 32.5 Å². The fourth-order valence-corrected chi connectivity index (χ4v) is 2.82. The molecule has 0 radical (unpaired) electrons. The summed E-state index contributed by atoms with van der Waals surface area (Å²) in [6.45, 7) is 3.99. The number of carboxylic acid groups (broad SMARTS) is 1. The van der Waals surface area contributed by atoms with Gasteiger partial charge in [-0.25, -0.2) is 14.5 Å². The third-order valence-corrected chi connectivity index (χ3v) is 4.35. The highest BCUT2D eigenvalue weighted by atomic mass is 19.4. The zero-order valence-electron chi connectivity index (χ0n) is 17.0. The molecule has 0 bridgehead atoms. The quantitative estimate of drug-likeness (QED) is 0.567. The number of halogens is 3. The lowest BCUT2D eigenvalue weighted by atomic mass is 10.1. The predicted molar refractivity (Wildman–Crippen MR) is 105 cm³/mol. The molecule has 0 aromatic carbocycles. The maximum absolute atomic E-state index is 12.8. The van der Waals surface area contributed by atoms with Crippen molar-refractivity contribution in [3.05, 3.63) is 59.2 Å². The maximum atomic E-state index is 12.8. The molecule has 0 amide bonds. The topological polar surface area (TPSA) is 95.1 Å². The van der Waals surface area contributed by atoms with Crippen molar-refractivity contribution in [2.24, 2.45) is 7.05 Å². The van der Waals surface area contributed by atoms with Crippen molar-refractivity contribution in [2.75, 3.05) is 0 Å². The summed E-state index contributed by atoms with van der Waals surface area (Å²) in [7, 11) is 1.65. The summed E-state index contributed by atoms with van der Waals surface area (Å²) in [5.74, 6) is -0.496. The Morgan fingerprint density at radius 2 is 2.03 bits per heavy atom. The molecular formula is C20H20F3N5O3. The molecule has 1 N–H and O–H groups in total. The molecule has 0 aliphatic carbocycles. The van der Waals surface area contributed by atoms with E-state index in [1.54, 1.807) is 19.3 Å². The number of hydrogen-bond acceptors (Lipinski definition) is 5. The van der Waals surface area contributed by atoms with E-state index in [1.165, 1.54) is 21.5 Å². The van der Waals surface area contributed by atoms with Crippen LogP contribution in [0.1, 0.15) is 42.3 Å². The maximum Gasteiger partial charge on any atom is 0.417 e. The van der Waals surface area contributed by atoms with Gasteiger partial charge in [-0.05, 0) is 24.1 Å². The third kappa shape index (κ3) is 5.30. The molecule has 0 fully saturated rings. The normalized spacial score (nSPS) is 12.1. The lowest BCUT2D eigenvalue weighted by Gasteiger charge is -2.06. The van der Waals surface area contributed by atoms with Crippen LogP contribution >= 0.6 is 0 Å². The highest BCUT2D eigenvalue weighted by Gasteiger charge is 2.30. The smallest absolute Gasteiger partial charge is 0.417 e. The van der Waals surface area contributed by atoms with Crippen LogP contribution in [0.15, 0.2) is 36.7 Å². The van der Waals surface area contributed by atoms with Gasteiger partial charge in [-0.2, -0.15) is 18.3 Å². The van der Waals surface area contributed by atoms with E-state index in [-0.39, 0.29) is 18.3 Å². The van der Waals surface area contributed by atoms with Crippen molar-refractivity contribution in [1.82, 2.24) is 24.5 Å². The summed E-state index contributed by atoms with van der Waals surface area (Å²) in [6.07, 6.45) is 0.356. The number of rotatable bonds is 7. The highest BCUT2D eigenvalue weighted by molar-refractivity contribution is 5.84. The van der Waals surface area contributed by atoms with Crippen molar-refractivity contribution in [1.29, 1.82) is 0 Å². The van der Waals surface area contributed by atoms with Gasteiger partial charge in [-0.1, -0.05) is 13.8 Å². The number of pyridine rings is 1. The molecule has 3 rings (SSSR count). The number of nitrogens with zero attached hydrogens (tertiary/aromatic N) is 5. The molecular weight excluding hydrogens is 415 g/mol. The summed E-state index contributed by atoms with van der Waals surface area (Å²) in [5.41, 5.74) is 1.15. The first kappa shape index (κ1) is 22.1. The van der Waals surface area contributed by atoms with Crippen LogP contribution in [0.2, 0.25) is 0 Å². The fourth-order valence-electron chi connectivity index (χ4n) is 2.82. The molecule has 164 valence electrons. The van der Waals surface area contributed by atoms with Gasteiger partial charge in [0.25, 0.3) is 0 Å². The summed E-state index contributed by atoms with van der Waals surface area (Å²) >= 11 is 0. The third-order valence-electron chi connectivity index (χ3n) is 4.35. The van der Waals surface area contributed by atoms with E-state index in [0.29, 0.717) is 17.3 Å². The molecule has 11 heteroatoms. The fraction of sp³-hybridized carbons (Fsp3) is 0.300. The van der Waals surface area contributed by atoms with Crippen LogP contribution in [0.25, 0.3) is 11.9 Å². The van der Waals surface area contributed by atoms with Gasteiger partial charge >= 0.3 is 12.1 Å². The Bertz CT molecular complexity index is 1100. The van der Waals surface area contributed by atoms with Crippen LogP contribution in [0.3, 0.4) is 0 Å². The lowest BCUT2D eigenvalue weighted by Crippen LogP contribution is -2.07. The van der Waals surface area contributed by atoms with E-state index in [4.69, 9.17) is 9.84 Å². The number of alkyl halides is 3. The number of ether oxygens (including phenoxy) is 1. The van der Waals surface area contributed by atoms with Crippen molar-refractivity contribution in [3.63, 3.8) is 0 Å². The monoisotopic (exact) mass is 435 g/mol. The molecule has 8 nitrogen and oxygen atoms in total. The molecule has 3 heterocycles. The van der Waals surface area contributed by atoms with E-state index < -0.39 is 17.7 Å². The van der Waals surface area contributed by atoms with E-state index in [0.717, 1.165) is 23.9 Å². The van der Waals surface area contributed by atoms with Gasteiger partial charge in [0.1, 0.15) is 6.61 Å².